The van der Waals surface area contributed by atoms with Crippen LogP contribution < -0.4 is 11.1 Å². The Balaban J connectivity index is 1.67. The van der Waals surface area contributed by atoms with Crippen LogP contribution in [0.5, 0.6) is 0 Å². The number of nitrogens with zero attached hydrogens (tertiary/aromatic N) is 2. The molecule has 1 fully saturated rings. The van der Waals surface area contributed by atoms with Crippen molar-refractivity contribution in [1.82, 2.24) is 14.8 Å². The summed E-state index contributed by atoms with van der Waals surface area (Å²) in [7, 11) is 0. The van der Waals surface area contributed by atoms with E-state index in [1.807, 2.05) is 32.9 Å². The van der Waals surface area contributed by atoms with E-state index < -0.39 is 11.7 Å². The summed E-state index contributed by atoms with van der Waals surface area (Å²) in [6.07, 6.45) is 3.24. The van der Waals surface area contributed by atoms with Crippen LogP contribution in [0.4, 0.5) is 10.5 Å². The molecule has 1 amide bonds. The number of carbonyl (C=O) groups is 2. The van der Waals surface area contributed by atoms with Gasteiger partial charge in [0.05, 0.1) is 27.5 Å². The van der Waals surface area contributed by atoms with Gasteiger partial charge in [-0.15, -0.1) is 0 Å². The van der Waals surface area contributed by atoms with Crippen LogP contribution in [-0.2, 0) is 17.8 Å². The second kappa shape index (κ2) is 8.88. The van der Waals surface area contributed by atoms with Gasteiger partial charge in [-0.2, -0.15) is 0 Å². The average molecular weight is 495 g/mol. The molecule has 1 aromatic heterocycles. The fraction of sp³-hybridized carbons (Fsp3) is 0.407. The zero-order valence-corrected chi connectivity index (χ0v) is 21.2. The van der Waals surface area contributed by atoms with Crippen LogP contribution in [0.15, 0.2) is 30.3 Å². The van der Waals surface area contributed by atoms with Crippen LogP contribution in [0, 0.1) is 0 Å². The molecule has 8 heteroatoms. The van der Waals surface area contributed by atoms with Crippen molar-refractivity contribution in [3.05, 3.63) is 52.0 Å². The van der Waals surface area contributed by atoms with Crippen molar-refractivity contribution in [3.8, 4) is 11.3 Å². The largest absolute Gasteiger partial charge is 0.443 e. The van der Waals surface area contributed by atoms with Crippen LogP contribution in [-0.4, -0.2) is 40.2 Å². The van der Waals surface area contributed by atoms with Gasteiger partial charge in [0.1, 0.15) is 5.60 Å². The van der Waals surface area contributed by atoms with Crippen molar-refractivity contribution in [2.75, 3.05) is 18.8 Å². The highest BCUT2D eigenvalue weighted by Crippen LogP contribution is 2.40. The number of hydrogen-bond acceptors (Lipinski definition) is 5. The Morgan fingerprint density at radius 3 is 2.60 bits per heavy atom. The maximum absolute atomic E-state index is 13.4. The molecule has 0 atom stereocenters. The number of anilines is 1. The van der Waals surface area contributed by atoms with E-state index in [4.69, 9.17) is 22.1 Å². The molecule has 2 aliphatic heterocycles. The second-order valence-corrected chi connectivity index (χ2v) is 10.8. The molecular weight excluding hydrogens is 464 g/mol. The highest BCUT2D eigenvalue weighted by atomic mass is 35.5. The maximum atomic E-state index is 13.4. The van der Waals surface area contributed by atoms with E-state index in [1.54, 1.807) is 10.6 Å². The lowest BCUT2D eigenvalue weighted by molar-refractivity contribution is 0.0547. The van der Waals surface area contributed by atoms with E-state index >= 15 is 0 Å². The summed E-state index contributed by atoms with van der Waals surface area (Å²) in [6, 6.07) is 9.76. The molecule has 0 radical (unpaired) electrons. The summed E-state index contributed by atoms with van der Waals surface area (Å²) < 4.78 is 7.30. The lowest BCUT2D eigenvalue weighted by atomic mass is 9.99. The van der Waals surface area contributed by atoms with E-state index in [0.717, 1.165) is 30.5 Å². The molecule has 3 aromatic rings. The first-order valence-electron chi connectivity index (χ1n) is 12.1. The number of nitrogens with two attached hydrogens (primary N) is 1. The number of benzene rings is 2. The van der Waals surface area contributed by atoms with E-state index in [9.17, 15) is 9.59 Å². The predicted molar refractivity (Wildman–Crippen MR) is 139 cm³/mol. The summed E-state index contributed by atoms with van der Waals surface area (Å²) in [6.45, 7) is 8.88. The first-order valence-corrected chi connectivity index (χ1v) is 12.5. The summed E-state index contributed by atoms with van der Waals surface area (Å²) in [5, 5.41) is 4.10. The zero-order valence-electron chi connectivity index (χ0n) is 20.4. The molecule has 35 heavy (non-hydrogen) atoms. The summed E-state index contributed by atoms with van der Waals surface area (Å²) >= 11 is 6.42. The molecular formula is C27H31ClN4O3. The van der Waals surface area contributed by atoms with Gasteiger partial charge < -0.3 is 15.8 Å². The molecule has 5 rings (SSSR count). The number of piperidine rings is 1. The third-order valence-electron chi connectivity index (χ3n) is 6.61. The minimum atomic E-state index is -0.683. The Kier molecular flexibility index (Phi) is 6.01. The number of ether oxygens (including phenoxy) is 1. The molecule has 2 aromatic carbocycles. The molecule has 0 spiro atoms. The molecule has 0 unspecified atom stereocenters. The monoisotopic (exact) mass is 494 g/mol. The topological polar surface area (TPSA) is 89.6 Å². The van der Waals surface area contributed by atoms with Crippen LogP contribution in [0.1, 0.15) is 61.5 Å². The normalized spacial score (nSPS) is 16.4. The summed E-state index contributed by atoms with van der Waals surface area (Å²) in [5.74, 6) is -0.233. The Morgan fingerprint density at radius 1 is 1.14 bits per heavy atom. The van der Waals surface area contributed by atoms with Crippen molar-refractivity contribution in [2.45, 2.75) is 58.7 Å². The van der Waals surface area contributed by atoms with Crippen molar-refractivity contribution < 1.29 is 14.3 Å². The Bertz CT molecular complexity index is 1330. The first kappa shape index (κ1) is 23.7. The Morgan fingerprint density at radius 2 is 1.89 bits per heavy atom. The van der Waals surface area contributed by atoms with Gasteiger partial charge >= 0.3 is 6.09 Å². The number of likely N-dealkylation sites (tertiary alicyclic amines) is 1. The lowest BCUT2D eigenvalue weighted by Crippen LogP contribution is -2.29. The van der Waals surface area contributed by atoms with Crippen molar-refractivity contribution in [3.63, 3.8) is 0 Å². The van der Waals surface area contributed by atoms with Gasteiger partial charge in [0, 0.05) is 29.6 Å². The Hall–Kier alpha value is -3.03. The van der Waals surface area contributed by atoms with Gasteiger partial charge in [-0.1, -0.05) is 24.1 Å². The van der Waals surface area contributed by atoms with Crippen molar-refractivity contribution in [1.29, 1.82) is 0 Å². The standard InChI is InChI=1S/C27H31ClN4O3/c1-27(2,3)35-26(34)32-21-8-7-16(15-31-9-5-4-6-10-31)11-17(21)12-22(32)18-13-20(29)24(28)19-14-30-25(33)23(18)19/h7-8,11-13H,4-6,9-10,14-15,29H2,1-3H3,(H,30,33). The van der Waals surface area contributed by atoms with Gasteiger partial charge in [0.15, 0.2) is 0 Å². The van der Waals surface area contributed by atoms with E-state index in [1.165, 1.54) is 24.8 Å². The summed E-state index contributed by atoms with van der Waals surface area (Å²) in [4.78, 5) is 28.7. The fourth-order valence-corrected chi connectivity index (χ4v) is 5.28. The molecule has 3 heterocycles. The molecule has 7 nitrogen and oxygen atoms in total. The Labute approximate surface area is 210 Å². The number of nitrogens with one attached hydrogen (secondary N) is 1. The molecule has 0 saturated carbocycles. The SMILES string of the molecule is CC(C)(C)OC(=O)n1c(-c2cc(N)c(Cl)c3c2C(=O)NC3)cc2cc(CN3CCCCC3)ccc21. The number of aromatic nitrogens is 1. The zero-order chi connectivity index (χ0) is 24.9. The molecule has 0 aliphatic carbocycles. The van der Waals surface area contributed by atoms with Gasteiger partial charge in [0.25, 0.3) is 5.91 Å². The lowest BCUT2D eigenvalue weighted by Gasteiger charge is -2.26. The minimum Gasteiger partial charge on any atom is -0.443 e. The smallest absolute Gasteiger partial charge is 0.419 e. The van der Waals surface area contributed by atoms with Crippen LogP contribution in [0.2, 0.25) is 5.02 Å². The van der Waals surface area contributed by atoms with E-state index in [0.29, 0.717) is 39.6 Å². The third-order valence-corrected chi connectivity index (χ3v) is 7.06. The first-order chi connectivity index (χ1) is 16.6. The fourth-order valence-electron chi connectivity index (χ4n) is 5.06. The number of hydrogen-bond donors (Lipinski definition) is 2. The quantitative estimate of drug-likeness (QED) is 0.465. The van der Waals surface area contributed by atoms with E-state index in [2.05, 4.69) is 22.3 Å². The van der Waals surface area contributed by atoms with Gasteiger partial charge in [0.2, 0.25) is 0 Å². The van der Waals surface area contributed by atoms with Crippen LogP contribution in [0.3, 0.4) is 0 Å². The number of amides is 1. The van der Waals surface area contributed by atoms with Crippen molar-refractivity contribution >= 4 is 40.2 Å². The molecule has 184 valence electrons. The number of rotatable bonds is 3. The number of halogens is 1. The number of fused-ring (bicyclic) bond motifs is 2. The van der Waals surface area contributed by atoms with Crippen LogP contribution in [0.25, 0.3) is 22.2 Å². The average Bonchev–Trinajstić information content (AvgIpc) is 3.37. The minimum absolute atomic E-state index is 0.233. The third kappa shape index (κ3) is 4.50. The highest BCUT2D eigenvalue weighted by Gasteiger charge is 2.31. The molecule has 0 bridgehead atoms. The van der Waals surface area contributed by atoms with Gasteiger partial charge in [-0.3, -0.25) is 9.69 Å². The van der Waals surface area contributed by atoms with Gasteiger partial charge in [-0.05, 0) is 76.5 Å². The van der Waals surface area contributed by atoms with Crippen molar-refractivity contribution in [2.24, 2.45) is 0 Å². The maximum Gasteiger partial charge on any atom is 0.419 e. The van der Waals surface area contributed by atoms with Gasteiger partial charge in [-0.25, -0.2) is 9.36 Å². The van der Waals surface area contributed by atoms with Crippen LogP contribution >= 0.6 is 11.6 Å². The predicted octanol–water partition coefficient (Wildman–Crippen LogP) is 5.56. The summed E-state index contributed by atoms with van der Waals surface area (Å²) in [5.41, 5.74) is 10.0. The number of nitrogen functional groups attached to an aromatic ring is 1. The molecule has 3 N–H and O–H groups in total. The highest BCUT2D eigenvalue weighted by molar-refractivity contribution is 6.35. The molecule has 2 aliphatic rings. The second-order valence-electron chi connectivity index (χ2n) is 10.4. The number of carbonyl (C=O) groups excluding carboxylic acids is 2. The van der Waals surface area contributed by atoms with E-state index in [-0.39, 0.29) is 5.91 Å². The molecule has 1 saturated heterocycles.